The van der Waals surface area contributed by atoms with Crippen LogP contribution in [-0.4, -0.2) is 59.3 Å². The summed E-state index contributed by atoms with van der Waals surface area (Å²) in [5, 5.41) is 12.6. The number of aryl methyl sites for hydroxylation is 3. The van der Waals surface area contributed by atoms with Crippen molar-refractivity contribution >= 4 is 11.9 Å². The Morgan fingerprint density at radius 2 is 1.70 bits per heavy atom. The van der Waals surface area contributed by atoms with Crippen LogP contribution in [0.5, 0.6) is 0 Å². The molecule has 2 atom stereocenters. The lowest BCUT2D eigenvalue weighted by Crippen LogP contribution is -2.52. The zero-order valence-electron chi connectivity index (χ0n) is 27.7. The predicted octanol–water partition coefficient (Wildman–Crippen LogP) is 5.82. The monoisotopic (exact) mass is 637 g/mol. The molecule has 1 amide bonds. The number of likely N-dealkylation sites (tertiary alicyclic amines) is 1. The van der Waals surface area contributed by atoms with Crippen molar-refractivity contribution in [3.05, 3.63) is 91.9 Å². The molecule has 0 saturated carbocycles. The van der Waals surface area contributed by atoms with Crippen molar-refractivity contribution < 1.29 is 28.2 Å². The minimum absolute atomic E-state index is 0.0312. The SMILES string of the molecule is COC1CN(CCc2cn(C(CC(C)C)C(=O)N[C@@H](CC(=O)O)c3cc(-c4c(C)cccc4C)cc(C)c3F)c(=O)c(F)c2C)C1. The third-order valence-electron chi connectivity index (χ3n) is 8.94. The molecule has 2 N–H and O–H groups in total. The van der Waals surface area contributed by atoms with Gasteiger partial charge in [-0.3, -0.25) is 19.3 Å². The van der Waals surface area contributed by atoms with Crippen molar-refractivity contribution in [1.82, 2.24) is 14.8 Å². The van der Waals surface area contributed by atoms with Gasteiger partial charge >= 0.3 is 5.97 Å². The molecule has 248 valence electrons. The van der Waals surface area contributed by atoms with Gasteiger partial charge in [0.1, 0.15) is 11.9 Å². The number of rotatable bonds is 13. The molecular weight excluding hydrogens is 592 g/mol. The van der Waals surface area contributed by atoms with Crippen molar-refractivity contribution in [3.8, 4) is 11.1 Å². The number of hydrogen-bond donors (Lipinski definition) is 2. The molecule has 4 rings (SSSR count). The molecule has 8 nitrogen and oxygen atoms in total. The number of hydrogen-bond acceptors (Lipinski definition) is 5. The Labute approximate surface area is 269 Å². The summed E-state index contributed by atoms with van der Waals surface area (Å²) in [6, 6.07) is 6.72. The number of aliphatic carboxylic acids is 1. The summed E-state index contributed by atoms with van der Waals surface area (Å²) in [5.41, 5.74) is 3.78. The molecule has 46 heavy (non-hydrogen) atoms. The predicted molar refractivity (Wildman–Crippen MR) is 174 cm³/mol. The van der Waals surface area contributed by atoms with E-state index in [0.29, 0.717) is 29.7 Å². The summed E-state index contributed by atoms with van der Waals surface area (Å²) in [5.74, 6) is -3.54. The van der Waals surface area contributed by atoms with Crippen LogP contribution in [0.25, 0.3) is 11.1 Å². The number of amides is 1. The van der Waals surface area contributed by atoms with E-state index in [-0.39, 0.29) is 29.6 Å². The fourth-order valence-electron chi connectivity index (χ4n) is 6.29. The molecule has 1 aromatic heterocycles. The van der Waals surface area contributed by atoms with Crippen molar-refractivity contribution in [3.63, 3.8) is 0 Å². The van der Waals surface area contributed by atoms with Crippen molar-refractivity contribution in [1.29, 1.82) is 0 Å². The van der Waals surface area contributed by atoms with E-state index in [4.69, 9.17) is 4.74 Å². The van der Waals surface area contributed by atoms with Gasteiger partial charge in [-0.15, -0.1) is 0 Å². The smallest absolute Gasteiger partial charge is 0.305 e. The first kappa shape index (κ1) is 35.0. The van der Waals surface area contributed by atoms with Crippen molar-refractivity contribution in [2.45, 2.75) is 79.0 Å². The van der Waals surface area contributed by atoms with Gasteiger partial charge in [-0.2, -0.15) is 0 Å². The normalized spacial score (nSPS) is 15.1. The summed E-state index contributed by atoms with van der Waals surface area (Å²) < 4.78 is 37.6. The summed E-state index contributed by atoms with van der Waals surface area (Å²) in [4.78, 5) is 41.5. The van der Waals surface area contributed by atoms with Gasteiger partial charge in [0.05, 0.1) is 18.6 Å². The Bertz CT molecular complexity index is 1640. The van der Waals surface area contributed by atoms with Crippen molar-refractivity contribution in [2.24, 2.45) is 5.92 Å². The molecule has 1 aliphatic heterocycles. The van der Waals surface area contributed by atoms with Crippen LogP contribution < -0.4 is 10.9 Å². The summed E-state index contributed by atoms with van der Waals surface area (Å²) in [6.07, 6.45) is 1.76. The van der Waals surface area contributed by atoms with Crippen LogP contribution in [0.1, 0.15) is 72.2 Å². The summed E-state index contributed by atoms with van der Waals surface area (Å²) in [6.45, 7) is 13.0. The average Bonchev–Trinajstić information content (AvgIpc) is 2.96. The van der Waals surface area contributed by atoms with E-state index in [0.717, 1.165) is 34.3 Å². The first-order valence-electron chi connectivity index (χ1n) is 15.8. The molecule has 10 heteroatoms. The van der Waals surface area contributed by atoms with E-state index < -0.39 is 47.6 Å². The number of nitrogens with one attached hydrogen (secondary N) is 1. The number of methoxy groups -OCH3 is 1. The van der Waals surface area contributed by atoms with E-state index in [1.54, 1.807) is 39.3 Å². The van der Waals surface area contributed by atoms with Gasteiger partial charge in [0, 0.05) is 38.5 Å². The molecule has 1 saturated heterocycles. The topological polar surface area (TPSA) is 101 Å². The molecule has 2 aromatic carbocycles. The van der Waals surface area contributed by atoms with Gasteiger partial charge in [0.25, 0.3) is 5.56 Å². The molecule has 0 bridgehead atoms. The van der Waals surface area contributed by atoms with Gasteiger partial charge < -0.3 is 19.7 Å². The molecule has 0 spiro atoms. The zero-order valence-corrected chi connectivity index (χ0v) is 27.7. The molecule has 3 aromatic rings. The number of nitrogens with zero attached hydrogens (tertiary/aromatic N) is 2. The number of carbonyl (C=O) groups excluding carboxylic acids is 1. The molecule has 0 aliphatic carbocycles. The minimum Gasteiger partial charge on any atom is -0.481 e. The third kappa shape index (κ3) is 7.73. The van der Waals surface area contributed by atoms with Crippen LogP contribution in [0.2, 0.25) is 0 Å². The molecule has 1 fully saturated rings. The van der Waals surface area contributed by atoms with Gasteiger partial charge in [-0.25, -0.2) is 8.78 Å². The van der Waals surface area contributed by atoms with E-state index in [2.05, 4.69) is 10.2 Å². The Hall–Kier alpha value is -3.89. The maximum atomic E-state index is 15.8. The van der Waals surface area contributed by atoms with Gasteiger partial charge in [-0.1, -0.05) is 32.0 Å². The Morgan fingerprint density at radius 1 is 1.04 bits per heavy atom. The minimum atomic E-state index is -1.24. The second kappa shape index (κ2) is 14.7. The standard InChI is InChI=1S/C36H45F2N3O5/c1-20(2)13-30(41-17-25(24(6)34(38)36(41)45)11-12-40-18-27(19-40)46-7)35(44)39-29(16-31(42)43)28-15-26(14-23(5)33(28)37)32-21(3)9-8-10-22(32)4/h8-10,14-15,17,20,27,29-30H,11-13,16,18-19H2,1-7H3,(H,39,44)(H,42,43)/t29-,30?/m0/s1. The van der Waals surface area contributed by atoms with Crippen LogP contribution in [-0.2, 0) is 20.7 Å². The summed E-state index contributed by atoms with van der Waals surface area (Å²) >= 11 is 0. The van der Waals surface area contributed by atoms with Gasteiger partial charge in [-0.05, 0) is 97.5 Å². The van der Waals surface area contributed by atoms with Crippen LogP contribution in [0.4, 0.5) is 8.78 Å². The second-order valence-corrected chi connectivity index (χ2v) is 12.9. The van der Waals surface area contributed by atoms with Gasteiger partial charge in [0.2, 0.25) is 5.91 Å². The molecule has 2 heterocycles. The number of carboxylic acids is 1. The van der Waals surface area contributed by atoms with Crippen LogP contribution in [0, 0.1) is 45.2 Å². The maximum absolute atomic E-state index is 15.8. The third-order valence-corrected chi connectivity index (χ3v) is 8.94. The van der Waals surface area contributed by atoms with Crippen LogP contribution in [0.15, 0.2) is 41.3 Å². The molecule has 1 unspecified atom stereocenters. The van der Waals surface area contributed by atoms with Crippen LogP contribution in [0.3, 0.4) is 0 Å². The highest BCUT2D eigenvalue weighted by Crippen LogP contribution is 2.34. The number of ether oxygens (including phenoxy) is 1. The molecular formula is C36H45F2N3O5. The zero-order chi connectivity index (χ0) is 33.9. The Kier molecular flexibility index (Phi) is 11.2. The fourth-order valence-corrected chi connectivity index (χ4v) is 6.29. The first-order chi connectivity index (χ1) is 21.7. The second-order valence-electron chi connectivity index (χ2n) is 12.9. The number of aromatic nitrogens is 1. The molecule has 1 aliphatic rings. The van der Waals surface area contributed by atoms with Crippen molar-refractivity contribution in [2.75, 3.05) is 26.7 Å². The lowest BCUT2D eigenvalue weighted by molar-refractivity contribution is -0.138. The highest BCUT2D eigenvalue weighted by molar-refractivity contribution is 5.82. The highest BCUT2D eigenvalue weighted by atomic mass is 19.1. The largest absolute Gasteiger partial charge is 0.481 e. The number of pyridine rings is 1. The number of benzene rings is 2. The van der Waals surface area contributed by atoms with E-state index in [1.165, 1.54) is 0 Å². The summed E-state index contributed by atoms with van der Waals surface area (Å²) in [7, 11) is 1.66. The number of carbonyl (C=O) groups is 2. The van der Waals surface area contributed by atoms with E-state index >= 15 is 8.78 Å². The first-order valence-corrected chi connectivity index (χ1v) is 15.8. The maximum Gasteiger partial charge on any atom is 0.305 e. The quantitative estimate of drug-likeness (QED) is 0.245. The lowest BCUT2D eigenvalue weighted by Gasteiger charge is -2.38. The Balaban J connectivity index is 1.72. The molecule has 0 radical (unpaired) electrons. The highest BCUT2D eigenvalue weighted by Gasteiger charge is 2.31. The lowest BCUT2D eigenvalue weighted by atomic mass is 9.90. The van der Waals surface area contributed by atoms with Gasteiger partial charge in [0.15, 0.2) is 5.82 Å². The number of halogens is 2. The Morgan fingerprint density at radius 3 is 2.28 bits per heavy atom. The number of carboxylic acid groups (broad SMARTS) is 1. The van der Waals surface area contributed by atoms with Crippen LogP contribution >= 0.6 is 0 Å². The average molecular weight is 638 g/mol. The van der Waals surface area contributed by atoms with E-state index in [1.807, 2.05) is 45.9 Å². The van der Waals surface area contributed by atoms with E-state index in [9.17, 15) is 19.5 Å². The fraction of sp³-hybridized carbons (Fsp3) is 0.472.